The van der Waals surface area contributed by atoms with Crippen molar-refractivity contribution in [3.63, 3.8) is 0 Å². The quantitative estimate of drug-likeness (QED) is 0.762. The molecule has 1 heterocycles. The molecule has 0 unspecified atom stereocenters. The number of hydrogen-bond acceptors (Lipinski definition) is 3. The molecule has 25 heavy (non-hydrogen) atoms. The van der Waals surface area contributed by atoms with Gasteiger partial charge in [-0.15, -0.1) is 0 Å². The summed E-state index contributed by atoms with van der Waals surface area (Å²) in [7, 11) is 0. The van der Waals surface area contributed by atoms with Gasteiger partial charge in [-0.1, -0.05) is 54.6 Å². The van der Waals surface area contributed by atoms with Crippen molar-refractivity contribution in [1.82, 2.24) is 15.5 Å². The minimum absolute atomic E-state index is 0.104. The van der Waals surface area contributed by atoms with Crippen molar-refractivity contribution in [3.8, 4) is 11.1 Å². The molecule has 0 aliphatic carbocycles. The van der Waals surface area contributed by atoms with E-state index in [0.717, 1.165) is 51.3 Å². The van der Waals surface area contributed by atoms with Crippen LogP contribution in [0.2, 0.25) is 0 Å². The van der Waals surface area contributed by atoms with Crippen molar-refractivity contribution in [1.29, 1.82) is 0 Å². The average molecular weight is 337 g/mol. The zero-order valence-corrected chi connectivity index (χ0v) is 14.7. The third-order valence-electron chi connectivity index (χ3n) is 4.61. The maximum absolute atomic E-state index is 12.1. The van der Waals surface area contributed by atoms with Gasteiger partial charge in [0, 0.05) is 32.7 Å². The summed E-state index contributed by atoms with van der Waals surface area (Å²) in [6.45, 7) is 6.19. The van der Waals surface area contributed by atoms with Gasteiger partial charge < -0.3 is 15.5 Å². The summed E-state index contributed by atoms with van der Waals surface area (Å²) in [4.78, 5) is 14.5. The number of carbonyl (C=O) groups excluding carboxylic acids is 1. The Balaban J connectivity index is 1.39. The normalized spacial score (nSPS) is 15.0. The van der Waals surface area contributed by atoms with E-state index in [1.54, 1.807) is 0 Å². The molecule has 132 valence electrons. The van der Waals surface area contributed by atoms with Gasteiger partial charge in [0.1, 0.15) is 0 Å². The molecule has 1 fully saturated rings. The van der Waals surface area contributed by atoms with E-state index in [-0.39, 0.29) is 5.91 Å². The summed E-state index contributed by atoms with van der Waals surface area (Å²) in [6.07, 6.45) is 1.46. The molecular weight excluding hydrogens is 310 g/mol. The largest absolute Gasteiger partial charge is 0.356 e. The Kier molecular flexibility index (Phi) is 6.60. The molecule has 0 aromatic heterocycles. The second-order valence-electron chi connectivity index (χ2n) is 6.53. The van der Waals surface area contributed by atoms with E-state index in [1.807, 2.05) is 30.3 Å². The summed E-state index contributed by atoms with van der Waals surface area (Å²) >= 11 is 0. The van der Waals surface area contributed by atoms with Crippen LogP contribution in [0.5, 0.6) is 0 Å². The van der Waals surface area contributed by atoms with E-state index in [9.17, 15) is 4.79 Å². The van der Waals surface area contributed by atoms with Crippen molar-refractivity contribution in [2.45, 2.75) is 12.8 Å². The molecule has 4 nitrogen and oxygen atoms in total. The van der Waals surface area contributed by atoms with Gasteiger partial charge >= 0.3 is 0 Å². The van der Waals surface area contributed by atoms with Crippen molar-refractivity contribution >= 4 is 5.91 Å². The van der Waals surface area contributed by atoms with Crippen LogP contribution in [0, 0.1) is 0 Å². The first kappa shape index (κ1) is 17.6. The summed E-state index contributed by atoms with van der Waals surface area (Å²) < 4.78 is 0. The van der Waals surface area contributed by atoms with Crippen LogP contribution in [0.15, 0.2) is 54.6 Å². The fraction of sp³-hybridized carbons (Fsp3) is 0.381. The van der Waals surface area contributed by atoms with Gasteiger partial charge in [-0.25, -0.2) is 0 Å². The van der Waals surface area contributed by atoms with Gasteiger partial charge in [-0.3, -0.25) is 4.79 Å². The summed E-state index contributed by atoms with van der Waals surface area (Å²) in [5, 5.41) is 6.39. The number of piperazine rings is 1. The minimum Gasteiger partial charge on any atom is -0.356 e. The molecular formula is C21H27N3O. The molecule has 2 N–H and O–H groups in total. The van der Waals surface area contributed by atoms with Crippen LogP contribution >= 0.6 is 0 Å². The Labute approximate surface area is 150 Å². The first-order valence-corrected chi connectivity index (χ1v) is 9.15. The Morgan fingerprint density at radius 2 is 1.64 bits per heavy atom. The topological polar surface area (TPSA) is 44.4 Å². The van der Waals surface area contributed by atoms with Gasteiger partial charge in [0.2, 0.25) is 5.91 Å². The van der Waals surface area contributed by atoms with Crippen LogP contribution in [0.25, 0.3) is 11.1 Å². The SMILES string of the molecule is O=C(Cc1ccc(-c2ccccc2)cc1)NCCCN1CCNCC1. The molecule has 0 saturated carbocycles. The lowest BCUT2D eigenvalue weighted by atomic mass is 10.0. The fourth-order valence-corrected chi connectivity index (χ4v) is 3.16. The van der Waals surface area contributed by atoms with E-state index < -0.39 is 0 Å². The number of carbonyl (C=O) groups is 1. The molecule has 1 amide bonds. The highest BCUT2D eigenvalue weighted by atomic mass is 16.1. The van der Waals surface area contributed by atoms with Gasteiger partial charge in [0.15, 0.2) is 0 Å². The van der Waals surface area contributed by atoms with E-state index in [2.05, 4.69) is 39.8 Å². The smallest absolute Gasteiger partial charge is 0.224 e. The van der Waals surface area contributed by atoms with Crippen LogP contribution < -0.4 is 10.6 Å². The third kappa shape index (κ3) is 5.69. The number of rotatable bonds is 7. The Morgan fingerprint density at radius 3 is 2.36 bits per heavy atom. The van der Waals surface area contributed by atoms with Gasteiger partial charge in [0.25, 0.3) is 0 Å². The Morgan fingerprint density at radius 1 is 0.960 bits per heavy atom. The highest BCUT2D eigenvalue weighted by molar-refractivity contribution is 5.78. The lowest BCUT2D eigenvalue weighted by Crippen LogP contribution is -2.44. The van der Waals surface area contributed by atoms with E-state index >= 15 is 0 Å². The Bertz CT molecular complexity index is 649. The third-order valence-corrected chi connectivity index (χ3v) is 4.61. The van der Waals surface area contributed by atoms with Crippen molar-refractivity contribution < 1.29 is 4.79 Å². The first-order chi connectivity index (χ1) is 12.3. The van der Waals surface area contributed by atoms with Gasteiger partial charge in [-0.05, 0) is 29.7 Å². The summed E-state index contributed by atoms with van der Waals surface area (Å²) in [6, 6.07) is 18.6. The van der Waals surface area contributed by atoms with Crippen LogP contribution in [-0.4, -0.2) is 50.1 Å². The summed E-state index contributed by atoms with van der Waals surface area (Å²) in [5.74, 6) is 0.104. The predicted molar refractivity (Wildman–Crippen MR) is 103 cm³/mol. The number of benzene rings is 2. The maximum atomic E-state index is 12.1. The monoisotopic (exact) mass is 337 g/mol. The molecule has 2 aromatic carbocycles. The molecule has 0 bridgehead atoms. The highest BCUT2D eigenvalue weighted by Gasteiger charge is 2.09. The number of nitrogens with zero attached hydrogens (tertiary/aromatic N) is 1. The molecule has 3 rings (SSSR count). The molecule has 0 atom stereocenters. The van der Waals surface area contributed by atoms with Crippen molar-refractivity contribution in [3.05, 3.63) is 60.2 Å². The van der Waals surface area contributed by atoms with Crippen molar-refractivity contribution in [2.24, 2.45) is 0 Å². The molecule has 0 radical (unpaired) electrons. The number of amides is 1. The van der Waals surface area contributed by atoms with E-state index in [4.69, 9.17) is 0 Å². The van der Waals surface area contributed by atoms with Crippen LogP contribution in [0.3, 0.4) is 0 Å². The number of nitrogens with one attached hydrogen (secondary N) is 2. The molecule has 1 aliphatic heterocycles. The van der Waals surface area contributed by atoms with Crippen LogP contribution in [-0.2, 0) is 11.2 Å². The standard InChI is InChI=1S/C21H27N3O/c25-21(23-11-4-14-24-15-12-22-13-16-24)17-18-7-9-20(10-8-18)19-5-2-1-3-6-19/h1-3,5-10,22H,4,11-17H2,(H,23,25). The minimum atomic E-state index is 0.104. The predicted octanol–water partition coefficient (Wildman–Crippen LogP) is 2.31. The van der Waals surface area contributed by atoms with E-state index in [0.29, 0.717) is 6.42 Å². The molecule has 1 saturated heterocycles. The number of hydrogen-bond donors (Lipinski definition) is 2. The Hall–Kier alpha value is -2.17. The van der Waals surface area contributed by atoms with E-state index in [1.165, 1.54) is 11.1 Å². The first-order valence-electron chi connectivity index (χ1n) is 9.15. The molecule has 4 heteroatoms. The van der Waals surface area contributed by atoms with Gasteiger partial charge in [-0.2, -0.15) is 0 Å². The second-order valence-corrected chi connectivity index (χ2v) is 6.53. The lowest BCUT2D eigenvalue weighted by Gasteiger charge is -2.27. The second kappa shape index (κ2) is 9.35. The fourth-order valence-electron chi connectivity index (χ4n) is 3.16. The molecule has 1 aliphatic rings. The zero-order chi connectivity index (χ0) is 17.3. The van der Waals surface area contributed by atoms with Crippen LogP contribution in [0.1, 0.15) is 12.0 Å². The zero-order valence-electron chi connectivity index (χ0n) is 14.7. The summed E-state index contributed by atoms with van der Waals surface area (Å²) in [5.41, 5.74) is 3.44. The maximum Gasteiger partial charge on any atom is 0.224 e. The molecule has 2 aromatic rings. The van der Waals surface area contributed by atoms with Crippen LogP contribution in [0.4, 0.5) is 0 Å². The van der Waals surface area contributed by atoms with Crippen molar-refractivity contribution in [2.75, 3.05) is 39.3 Å². The average Bonchev–Trinajstić information content (AvgIpc) is 2.67. The lowest BCUT2D eigenvalue weighted by molar-refractivity contribution is -0.120. The molecule has 0 spiro atoms. The van der Waals surface area contributed by atoms with Gasteiger partial charge in [0.05, 0.1) is 6.42 Å². The highest BCUT2D eigenvalue weighted by Crippen LogP contribution is 2.19.